The first kappa shape index (κ1) is 22.0. The maximum Gasteiger partial charge on any atom is 0.324 e. The largest absolute Gasteiger partial charge is 0.326 e. The Hall–Kier alpha value is -4.18. The standard InChI is InChI=1S/C26H23FN4O2/c27-22-11-9-19(10-12-22)15-25(32)29-23-3-1-4-24(16-23)31-14-2-13-30(26(31)33)18-21-7-5-20(17-28)6-8-21/h1,3-12,16H,2,13-15,18H2,(H,29,32). The van der Waals surface area contributed by atoms with Crippen LogP contribution in [0.4, 0.5) is 20.6 Å². The summed E-state index contributed by atoms with van der Waals surface area (Å²) < 4.78 is 13.1. The van der Waals surface area contributed by atoms with Crippen LogP contribution in [0.25, 0.3) is 0 Å². The van der Waals surface area contributed by atoms with Crippen molar-refractivity contribution in [2.45, 2.75) is 19.4 Å². The zero-order chi connectivity index (χ0) is 23.2. The number of hydrogen-bond acceptors (Lipinski definition) is 3. The molecule has 0 unspecified atom stereocenters. The number of carbonyl (C=O) groups excluding carboxylic acids is 2. The number of anilines is 2. The lowest BCUT2D eigenvalue weighted by molar-refractivity contribution is -0.115. The Morgan fingerprint density at radius 2 is 1.73 bits per heavy atom. The number of amides is 3. The minimum Gasteiger partial charge on any atom is -0.326 e. The van der Waals surface area contributed by atoms with Crippen molar-refractivity contribution in [1.82, 2.24) is 4.90 Å². The maximum atomic E-state index is 13.1. The fraction of sp³-hybridized carbons (Fsp3) is 0.192. The van der Waals surface area contributed by atoms with Gasteiger partial charge in [-0.25, -0.2) is 9.18 Å². The molecule has 1 fully saturated rings. The van der Waals surface area contributed by atoms with E-state index in [2.05, 4.69) is 11.4 Å². The van der Waals surface area contributed by atoms with Gasteiger partial charge in [-0.15, -0.1) is 0 Å². The lowest BCUT2D eigenvalue weighted by atomic mass is 10.1. The van der Waals surface area contributed by atoms with E-state index in [1.165, 1.54) is 12.1 Å². The van der Waals surface area contributed by atoms with Gasteiger partial charge in [-0.2, -0.15) is 5.26 Å². The van der Waals surface area contributed by atoms with Gasteiger partial charge in [0.15, 0.2) is 0 Å². The number of carbonyl (C=O) groups is 2. The van der Waals surface area contributed by atoms with E-state index >= 15 is 0 Å². The molecule has 4 rings (SSSR count). The normalized spacial score (nSPS) is 13.5. The first-order valence-electron chi connectivity index (χ1n) is 10.7. The lowest BCUT2D eigenvalue weighted by Gasteiger charge is -2.36. The van der Waals surface area contributed by atoms with E-state index in [0.29, 0.717) is 36.6 Å². The van der Waals surface area contributed by atoms with Crippen LogP contribution in [0.2, 0.25) is 0 Å². The molecule has 6 nitrogen and oxygen atoms in total. The van der Waals surface area contributed by atoms with Crippen LogP contribution in [0.1, 0.15) is 23.1 Å². The highest BCUT2D eigenvalue weighted by molar-refractivity contribution is 5.95. The van der Waals surface area contributed by atoms with Crippen molar-refractivity contribution in [1.29, 1.82) is 5.26 Å². The Morgan fingerprint density at radius 3 is 2.45 bits per heavy atom. The molecule has 0 atom stereocenters. The third kappa shape index (κ3) is 5.55. The van der Waals surface area contributed by atoms with Gasteiger partial charge in [0.1, 0.15) is 5.82 Å². The average molecular weight is 442 g/mol. The van der Waals surface area contributed by atoms with Gasteiger partial charge in [-0.3, -0.25) is 9.69 Å². The Morgan fingerprint density at radius 1 is 1.00 bits per heavy atom. The number of hydrogen-bond donors (Lipinski definition) is 1. The number of urea groups is 1. The number of nitrogens with zero attached hydrogens (tertiary/aromatic N) is 3. The number of rotatable bonds is 6. The maximum absolute atomic E-state index is 13.1. The molecule has 1 aliphatic rings. The van der Waals surface area contributed by atoms with Gasteiger partial charge >= 0.3 is 6.03 Å². The van der Waals surface area contributed by atoms with E-state index in [0.717, 1.165) is 17.5 Å². The van der Waals surface area contributed by atoms with Crippen molar-refractivity contribution in [3.63, 3.8) is 0 Å². The fourth-order valence-corrected chi connectivity index (χ4v) is 3.82. The number of nitrogens with one attached hydrogen (secondary N) is 1. The highest BCUT2D eigenvalue weighted by Crippen LogP contribution is 2.24. The Balaban J connectivity index is 1.42. The van der Waals surface area contributed by atoms with Crippen molar-refractivity contribution in [2.24, 2.45) is 0 Å². The van der Waals surface area contributed by atoms with Crippen molar-refractivity contribution in [3.05, 3.63) is 95.3 Å². The molecule has 33 heavy (non-hydrogen) atoms. The molecule has 0 saturated carbocycles. The second kappa shape index (κ2) is 9.96. The summed E-state index contributed by atoms with van der Waals surface area (Å²) in [5.74, 6) is -0.558. The molecule has 3 aromatic carbocycles. The molecule has 1 heterocycles. The summed E-state index contributed by atoms with van der Waals surface area (Å²) in [6.07, 6.45) is 0.953. The van der Waals surface area contributed by atoms with E-state index in [1.807, 2.05) is 18.2 Å². The van der Waals surface area contributed by atoms with Gasteiger partial charge in [0.25, 0.3) is 0 Å². The first-order valence-corrected chi connectivity index (χ1v) is 10.7. The molecule has 1 N–H and O–H groups in total. The van der Waals surface area contributed by atoms with Crippen LogP contribution in [-0.2, 0) is 17.8 Å². The third-order valence-corrected chi connectivity index (χ3v) is 5.49. The summed E-state index contributed by atoms with van der Waals surface area (Å²) in [5.41, 5.74) is 3.57. The van der Waals surface area contributed by atoms with Gasteiger partial charge in [0.2, 0.25) is 5.91 Å². The first-order chi connectivity index (χ1) is 16.0. The van der Waals surface area contributed by atoms with E-state index in [1.54, 1.807) is 52.3 Å². The van der Waals surface area contributed by atoms with Crippen LogP contribution in [0.3, 0.4) is 0 Å². The van der Waals surface area contributed by atoms with Gasteiger partial charge < -0.3 is 10.2 Å². The van der Waals surface area contributed by atoms with Crippen LogP contribution in [0.5, 0.6) is 0 Å². The Kier molecular flexibility index (Phi) is 6.65. The average Bonchev–Trinajstić information content (AvgIpc) is 2.82. The number of nitriles is 1. The summed E-state index contributed by atoms with van der Waals surface area (Å²) in [5, 5.41) is 11.8. The van der Waals surface area contributed by atoms with Gasteiger partial charge in [-0.05, 0) is 60.0 Å². The van der Waals surface area contributed by atoms with Crippen LogP contribution in [-0.4, -0.2) is 29.9 Å². The summed E-state index contributed by atoms with van der Waals surface area (Å²) in [4.78, 5) is 29.0. The minimum absolute atomic E-state index is 0.0969. The molecular weight excluding hydrogens is 419 g/mol. The third-order valence-electron chi connectivity index (χ3n) is 5.49. The summed E-state index contributed by atoms with van der Waals surface area (Å²) >= 11 is 0. The highest BCUT2D eigenvalue weighted by Gasteiger charge is 2.27. The van der Waals surface area contributed by atoms with Crippen molar-refractivity contribution in [3.8, 4) is 6.07 Å². The molecule has 1 saturated heterocycles. The smallest absolute Gasteiger partial charge is 0.324 e. The van der Waals surface area contributed by atoms with Crippen LogP contribution in [0.15, 0.2) is 72.8 Å². The van der Waals surface area contributed by atoms with Gasteiger partial charge in [0.05, 0.1) is 18.1 Å². The summed E-state index contributed by atoms with van der Waals surface area (Å²) in [7, 11) is 0. The second-order valence-corrected chi connectivity index (χ2v) is 7.92. The van der Waals surface area contributed by atoms with Crippen LogP contribution >= 0.6 is 0 Å². The quantitative estimate of drug-likeness (QED) is 0.601. The van der Waals surface area contributed by atoms with Crippen molar-refractivity contribution in [2.75, 3.05) is 23.3 Å². The zero-order valence-electron chi connectivity index (χ0n) is 18.0. The molecule has 1 aliphatic heterocycles. The predicted octanol–water partition coefficient (Wildman–Crippen LogP) is 4.71. The zero-order valence-corrected chi connectivity index (χ0v) is 18.0. The molecule has 0 radical (unpaired) electrons. The molecule has 3 aromatic rings. The second-order valence-electron chi connectivity index (χ2n) is 7.92. The topological polar surface area (TPSA) is 76.4 Å². The Bertz CT molecular complexity index is 1190. The van der Waals surface area contributed by atoms with Crippen LogP contribution < -0.4 is 10.2 Å². The van der Waals surface area contributed by atoms with Crippen molar-refractivity contribution >= 4 is 23.3 Å². The molecule has 0 aliphatic carbocycles. The molecule has 3 amide bonds. The summed E-state index contributed by atoms with van der Waals surface area (Å²) in [6, 6.07) is 22.3. The monoisotopic (exact) mass is 442 g/mol. The SMILES string of the molecule is N#Cc1ccc(CN2CCCN(c3cccc(NC(=O)Cc4ccc(F)cc4)c3)C2=O)cc1. The van der Waals surface area contributed by atoms with E-state index in [-0.39, 0.29) is 24.2 Å². The molecular formula is C26H23FN4O2. The molecule has 0 aromatic heterocycles. The van der Waals surface area contributed by atoms with Crippen molar-refractivity contribution < 1.29 is 14.0 Å². The molecule has 0 bridgehead atoms. The van der Waals surface area contributed by atoms with E-state index in [4.69, 9.17) is 5.26 Å². The Labute approximate surface area is 191 Å². The van der Waals surface area contributed by atoms with E-state index < -0.39 is 0 Å². The highest BCUT2D eigenvalue weighted by atomic mass is 19.1. The minimum atomic E-state index is -0.341. The van der Waals surface area contributed by atoms with E-state index in [9.17, 15) is 14.0 Å². The number of benzene rings is 3. The van der Waals surface area contributed by atoms with Crippen LogP contribution in [0, 0.1) is 17.1 Å². The molecule has 0 spiro atoms. The predicted molar refractivity (Wildman–Crippen MR) is 124 cm³/mol. The van der Waals surface area contributed by atoms with Gasteiger partial charge in [-0.1, -0.05) is 30.3 Å². The van der Waals surface area contributed by atoms with Gasteiger partial charge in [0, 0.05) is 31.0 Å². The lowest BCUT2D eigenvalue weighted by Crippen LogP contribution is -2.49. The number of halogens is 1. The summed E-state index contributed by atoms with van der Waals surface area (Å²) in [6.45, 7) is 1.72. The fourth-order valence-electron chi connectivity index (χ4n) is 3.82. The molecule has 7 heteroatoms. The molecule has 166 valence electrons.